The van der Waals surface area contributed by atoms with Crippen LogP contribution < -0.4 is 15.4 Å². The van der Waals surface area contributed by atoms with Crippen molar-refractivity contribution in [2.45, 2.75) is 12.8 Å². The van der Waals surface area contributed by atoms with E-state index in [0.717, 1.165) is 0 Å². The van der Waals surface area contributed by atoms with Crippen LogP contribution in [-0.2, 0) is 9.59 Å². The Kier molecular flexibility index (Phi) is 4.33. The lowest BCUT2D eigenvalue weighted by atomic mass is 10.0. The molecule has 0 aliphatic carbocycles. The van der Waals surface area contributed by atoms with Crippen molar-refractivity contribution in [1.82, 2.24) is 4.98 Å². The van der Waals surface area contributed by atoms with Gasteiger partial charge in [-0.1, -0.05) is 0 Å². The van der Waals surface area contributed by atoms with E-state index in [1.165, 1.54) is 11.3 Å². The van der Waals surface area contributed by atoms with E-state index in [4.69, 9.17) is 4.74 Å². The van der Waals surface area contributed by atoms with E-state index < -0.39 is 0 Å². The number of hydrogen-bond donors (Lipinski definition) is 2. The maximum Gasteiger partial charge on any atom is 0.262 e. The van der Waals surface area contributed by atoms with Gasteiger partial charge in [0.25, 0.3) is 5.91 Å². The second-order valence-electron chi connectivity index (χ2n) is 4.86. The number of fused-ring (bicyclic) bond motifs is 1. The Labute approximate surface area is 135 Å². The fraction of sp³-hybridized carbons (Fsp3) is 0.200. The number of rotatable bonds is 5. The minimum atomic E-state index is -0.261. The molecule has 0 radical (unpaired) electrons. The van der Waals surface area contributed by atoms with Crippen LogP contribution in [0, 0.1) is 0 Å². The number of benzene rings is 1. The van der Waals surface area contributed by atoms with Crippen LogP contribution in [0.1, 0.15) is 23.2 Å². The third kappa shape index (κ3) is 3.72. The number of Topliss-reactive ketones (excluding diaryl/α,β-unsaturated/α-hetero) is 1. The molecule has 0 bridgehead atoms. The monoisotopic (exact) mass is 331 g/mol. The van der Waals surface area contributed by atoms with Crippen LogP contribution >= 0.6 is 11.3 Å². The molecule has 0 saturated heterocycles. The maximum absolute atomic E-state index is 12.2. The summed E-state index contributed by atoms with van der Waals surface area (Å²) in [5.74, 6) is -0.169. The van der Waals surface area contributed by atoms with Gasteiger partial charge >= 0.3 is 0 Å². The summed E-state index contributed by atoms with van der Waals surface area (Å²) in [6.07, 6.45) is 1.73. The van der Waals surface area contributed by atoms with Gasteiger partial charge in [-0.05, 0) is 18.2 Å². The molecule has 8 heteroatoms. The summed E-state index contributed by atoms with van der Waals surface area (Å²) in [5, 5.41) is 7.54. The van der Waals surface area contributed by atoms with Gasteiger partial charge in [0.2, 0.25) is 5.91 Å². The summed E-state index contributed by atoms with van der Waals surface area (Å²) < 4.78 is 5.23. The Morgan fingerprint density at radius 1 is 1.35 bits per heavy atom. The van der Waals surface area contributed by atoms with Crippen molar-refractivity contribution in [2.24, 2.45) is 0 Å². The molecule has 2 amide bonds. The van der Waals surface area contributed by atoms with E-state index in [-0.39, 0.29) is 37.0 Å². The third-order valence-electron chi connectivity index (χ3n) is 3.19. The van der Waals surface area contributed by atoms with Crippen molar-refractivity contribution >= 4 is 39.8 Å². The average Bonchev–Trinajstić information content (AvgIpc) is 3.04. The number of aromatic nitrogens is 1. The van der Waals surface area contributed by atoms with Gasteiger partial charge in [0.15, 0.2) is 17.5 Å². The zero-order chi connectivity index (χ0) is 16.2. The van der Waals surface area contributed by atoms with E-state index >= 15 is 0 Å². The second-order valence-corrected chi connectivity index (χ2v) is 5.75. The second kappa shape index (κ2) is 6.57. The van der Waals surface area contributed by atoms with Gasteiger partial charge in [0.1, 0.15) is 5.75 Å². The molecule has 23 heavy (non-hydrogen) atoms. The van der Waals surface area contributed by atoms with E-state index in [1.54, 1.807) is 29.8 Å². The standard InChI is InChI=1S/C15H13N3O4S/c19-11(2-4-13(20)18-15-16-5-6-23-15)9-1-3-12-10(7-9)17-14(21)8-22-12/h1,3,5-7H,2,4,8H2,(H,17,21)(H,16,18,20). The molecule has 7 nitrogen and oxygen atoms in total. The van der Waals surface area contributed by atoms with Crippen molar-refractivity contribution in [3.63, 3.8) is 0 Å². The van der Waals surface area contributed by atoms with Gasteiger partial charge in [-0.2, -0.15) is 0 Å². The summed E-state index contributed by atoms with van der Waals surface area (Å²) in [6, 6.07) is 4.82. The molecule has 1 aromatic heterocycles. The van der Waals surface area contributed by atoms with Crippen LogP contribution in [0.25, 0.3) is 0 Å². The lowest BCUT2D eigenvalue weighted by Gasteiger charge is -2.18. The Morgan fingerprint density at radius 2 is 2.22 bits per heavy atom. The summed E-state index contributed by atoms with van der Waals surface area (Å²) in [6.45, 7) is -0.0305. The molecular formula is C15H13N3O4S. The Balaban J connectivity index is 1.59. The summed E-state index contributed by atoms with van der Waals surface area (Å²) in [7, 11) is 0. The molecule has 2 aromatic rings. The molecule has 3 rings (SSSR count). The lowest BCUT2D eigenvalue weighted by molar-refractivity contribution is -0.118. The molecule has 118 valence electrons. The number of carbonyl (C=O) groups is 3. The first-order valence-electron chi connectivity index (χ1n) is 6.91. The van der Waals surface area contributed by atoms with Gasteiger partial charge in [-0.15, -0.1) is 11.3 Å². The van der Waals surface area contributed by atoms with Crippen LogP contribution in [0.15, 0.2) is 29.8 Å². The van der Waals surface area contributed by atoms with E-state index in [2.05, 4.69) is 15.6 Å². The molecular weight excluding hydrogens is 318 g/mol. The van der Waals surface area contributed by atoms with E-state index in [0.29, 0.717) is 22.1 Å². The minimum Gasteiger partial charge on any atom is -0.482 e. The zero-order valence-corrected chi connectivity index (χ0v) is 12.8. The number of ketones is 1. The third-order valence-corrected chi connectivity index (χ3v) is 3.88. The Morgan fingerprint density at radius 3 is 3.00 bits per heavy atom. The first-order valence-corrected chi connectivity index (χ1v) is 7.79. The number of ether oxygens (including phenoxy) is 1. The largest absolute Gasteiger partial charge is 0.482 e. The van der Waals surface area contributed by atoms with Crippen molar-refractivity contribution in [3.8, 4) is 5.75 Å². The molecule has 1 aromatic carbocycles. The highest BCUT2D eigenvalue weighted by Crippen LogP contribution is 2.29. The van der Waals surface area contributed by atoms with Gasteiger partial charge < -0.3 is 15.4 Å². The molecule has 1 aliphatic heterocycles. The van der Waals surface area contributed by atoms with Crippen molar-refractivity contribution in [1.29, 1.82) is 0 Å². The predicted octanol–water partition coefficient (Wildman–Crippen LogP) is 2.08. The molecule has 2 N–H and O–H groups in total. The Bertz CT molecular complexity index is 758. The highest BCUT2D eigenvalue weighted by Gasteiger charge is 2.18. The first kappa shape index (κ1) is 15.2. The highest BCUT2D eigenvalue weighted by molar-refractivity contribution is 7.13. The molecule has 0 atom stereocenters. The number of anilines is 2. The van der Waals surface area contributed by atoms with Gasteiger partial charge in [0, 0.05) is 30.0 Å². The number of amides is 2. The number of thiazole rings is 1. The summed E-state index contributed by atoms with van der Waals surface area (Å²) in [4.78, 5) is 39.2. The summed E-state index contributed by atoms with van der Waals surface area (Å²) in [5.41, 5.74) is 0.899. The van der Waals surface area contributed by atoms with Gasteiger partial charge in [-0.25, -0.2) is 4.98 Å². The smallest absolute Gasteiger partial charge is 0.262 e. The number of nitrogens with zero attached hydrogens (tertiary/aromatic N) is 1. The van der Waals surface area contributed by atoms with Gasteiger partial charge in [0.05, 0.1) is 5.69 Å². The molecule has 0 saturated carbocycles. The van der Waals surface area contributed by atoms with Crippen molar-refractivity contribution in [3.05, 3.63) is 35.3 Å². The van der Waals surface area contributed by atoms with E-state index in [1.807, 2.05) is 0 Å². The van der Waals surface area contributed by atoms with Crippen LogP contribution in [0.3, 0.4) is 0 Å². The average molecular weight is 331 g/mol. The lowest BCUT2D eigenvalue weighted by Crippen LogP contribution is -2.25. The van der Waals surface area contributed by atoms with Crippen LogP contribution in [0.2, 0.25) is 0 Å². The molecule has 0 fully saturated rings. The molecule has 2 heterocycles. The molecule has 0 spiro atoms. The maximum atomic E-state index is 12.2. The molecule has 1 aliphatic rings. The first-order chi connectivity index (χ1) is 11.1. The number of hydrogen-bond acceptors (Lipinski definition) is 6. The summed E-state index contributed by atoms with van der Waals surface area (Å²) >= 11 is 1.32. The van der Waals surface area contributed by atoms with Crippen LogP contribution in [-0.4, -0.2) is 29.2 Å². The fourth-order valence-electron chi connectivity index (χ4n) is 2.09. The normalized spacial score (nSPS) is 12.8. The highest BCUT2D eigenvalue weighted by atomic mass is 32.1. The minimum absolute atomic E-state index is 0.0305. The van der Waals surface area contributed by atoms with Crippen LogP contribution in [0.4, 0.5) is 10.8 Å². The number of carbonyl (C=O) groups excluding carboxylic acids is 3. The topological polar surface area (TPSA) is 97.4 Å². The van der Waals surface area contributed by atoms with Gasteiger partial charge in [-0.3, -0.25) is 14.4 Å². The van der Waals surface area contributed by atoms with Crippen LogP contribution in [0.5, 0.6) is 5.75 Å². The fourth-order valence-corrected chi connectivity index (χ4v) is 2.64. The van der Waals surface area contributed by atoms with Crippen molar-refractivity contribution < 1.29 is 19.1 Å². The molecule has 0 unspecified atom stereocenters. The van der Waals surface area contributed by atoms with E-state index in [9.17, 15) is 14.4 Å². The quantitative estimate of drug-likeness (QED) is 0.818. The SMILES string of the molecule is O=C(CCC(=O)c1ccc2c(c1)NC(=O)CO2)Nc1nccs1. The Hall–Kier alpha value is -2.74. The number of nitrogens with one attached hydrogen (secondary N) is 2. The zero-order valence-electron chi connectivity index (χ0n) is 12.0. The predicted molar refractivity (Wildman–Crippen MR) is 84.9 cm³/mol. The van der Waals surface area contributed by atoms with Crippen molar-refractivity contribution in [2.75, 3.05) is 17.2 Å².